The fourth-order valence-electron chi connectivity index (χ4n) is 2.78. The SMILES string of the molecule is C#CCOc1ccc(CCNC(=O)C(NS(C)(=O)=O)c2ccc(C)cc2)cc1OC. The standard InChI is InChI=1S/C22H26N2O5S/c1-5-14-29-19-11-8-17(15-20(19)28-3)12-13-23-22(25)21(24-30(4,26)27)18-9-6-16(2)7-10-18/h1,6-11,15,21,24H,12-14H2,2-4H3,(H,23,25). The first-order chi connectivity index (χ1) is 14.2. The molecule has 0 saturated carbocycles. The molecule has 0 heterocycles. The van der Waals surface area contributed by atoms with Gasteiger partial charge in [-0.1, -0.05) is 41.8 Å². The zero-order chi connectivity index (χ0) is 22.1. The second kappa shape index (κ2) is 10.7. The van der Waals surface area contributed by atoms with Crippen LogP contribution in [-0.2, 0) is 21.2 Å². The summed E-state index contributed by atoms with van der Waals surface area (Å²) in [4.78, 5) is 12.7. The summed E-state index contributed by atoms with van der Waals surface area (Å²) in [5.41, 5.74) is 2.50. The first-order valence-electron chi connectivity index (χ1n) is 9.28. The Balaban J connectivity index is 2.04. The number of benzene rings is 2. The van der Waals surface area contributed by atoms with Crippen molar-refractivity contribution in [3.8, 4) is 23.8 Å². The zero-order valence-electron chi connectivity index (χ0n) is 17.3. The number of sulfonamides is 1. The van der Waals surface area contributed by atoms with E-state index in [1.807, 2.05) is 31.2 Å². The molecular formula is C22H26N2O5S. The third-order valence-electron chi connectivity index (χ3n) is 4.26. The van der Waals surface area contributed by atoms with E-state index < -0.39 is 22.0 Å². The zero-order valence-corrected chi connectivity index (χ0v) is 18.1. The van der Waals surface area contributed by atoms with Crippen molar-refractivity contribution in [2.45, 2.75) is 19.4 Å². The number of carbonyl (C=O) groups excluding carboxylic acids is 1. The van der Waals surface area contributed by atoms with Crippen LogP contribution in [0.4, 0.5) is 0 Å². The number of hydrogen-bond acceptors (Lipinski definition) is 5. The lowest BCUT2D eigenvalue weighted by molar-refractivity contribution is -0.122. The third kappa shape index (κ3) is 7.10. The molecule has 0 saturated heterocycles. The number of ether oxygens (including phenoxy) is 2. The Bertz CT molecular complexity index is 1010. The van der Waals surface area contributed by atoms with Crippen LogP contribution in [0.25, 0.3) is 0 Å². The second-order valence-electron chi connectivity index (χ2n) is 6.75. The molecule has 1 unspecified atom stereocenters. The van der Waals surface area contributed by atoms with Gasteiger partial charge in [-0.3, -0.25) is 4.79 Å². The molecule has 2 aromatic carbocycles. The average Bonchev–Trinajstić information content (AvgIpc) is 2.70. The van der Waals surface area contributed by atoms with Gasteiger partial charge in [-0.15, -0.1) is 6.42 Å². The van der Waals surface area contributed by atoms with Gasteiger partial charge in [0.05, 0.1) is 13.4 Å². The minimum absolute atomic E-state index is 0.138. The molecule has 0 aromatic heterocycles. The lowest BCUT2D eigenvalue weighted by Gasteiger charge is -2.18. The molecule has 0 spiro atoms. The maximum absolute atomic E-state index is 12.7. The number of rotatable bonds is 10. The highest BCUT2D eigenvalue weighted by atomic mass is 32.2. The van der Waals surface area contributed by atoms with E-state index >= 15 is 0 Å². The molecular weight excluding hydrogens is 404 g/mol. The van der Waals surface area contributed by atoms with Crippen molar-refractivity contribution in [2.24, 2.45) is 0 Å². The molecule has 30 heavy (non-hydrogen) atoms. The van der Waals surface area contributed by atoms with E-state index in [-0.39, 0.29) is 6.61 Å². The summed E-state index contributed by atoms with van der Waals surface area (Å²) in [7, 11) is -2.05. The molecule has 8 heteroatoms. The Labute approximate surface area is 177 Å². The van der Waals surface area contributed by atoms with Crippen LogP contribution in [0.1, 0.15) is 22.7 Å². The smallest absolute Gasteiger partial charge is 0.242 e. The van der Waals surface area contributed by atoms with Crippen LogP contribution in [0, 0.1) is 19.3 Å². The number of hydrogen-bond donors (Lipinski definition) is 2. The summed E-state index contributed by atoms with van der Waals surface area (Å²) in [6.45, 7) is 2.37. The molecule has 2 N–H and O–H groups in total. The van der Waals surface area contributed by atoms with Gasteiger partial charge in [-0.05, 0) is 36.6 Å². The fraction of sp³-hybridized carbons (Fsp3) is 0.318. The van der Waals surface area contributed by atoms with Crippen LogP contribution < -0.4 is 19.5 Å². The highest BCUT2D eigenvalue weighted by molar-refractivity contribution is 7.88. The average molecular weight is 431 g/mol. The summed E-state index contributed by atoms with van der Waals surface area (Å²) in [5, 5.41) is 2.79. The first kappa shape index (κ1) is 23.3. The van der Waals surface area contributed by atoms with Gasteiger partial charge in [-0.2, -0.15) is 4.72 Å². The Kier molecular flexibility index (Phi) is 8.27. The number of aryl methyl sites for hydroxylation is 1. The summed E-state index contributed by atoms with van der Waals surface area (Å²) >= 11 is 0. The Morgan fingerprint density at radius 2 is 1.87 bits per heavy atom. The van der Waals surface area contributed by atoms with Crippen molar-refractivity contribution in [1.29, 1.82) is 0 Å². The molecule has 7 nitrogen and oxygen atoms in total. The van der Waals surface area contributed by atoms with E-state index in [9.17, 15) is 13.2 Å². The molecule has 0 bridgehead atoms. The summed E-state index contributed by atoms with van der Waals surface area (Å²) in [5.74, 6) is 3.06. The van der Waals surface area contributed by atoms with Gasteiger partial charge in [0.2, 0.25) is 15.9 Å². The lowest BCUT2D eigenvalue weighted by atomic mass is 10.1. The number of nitrogens with one attached hydrogen (secondary N) is 2. The van der Waals surface area contributed by atoms with Gasteiger partial charge in [0, 0.05) is 6.54 Å². The highest BCUT2D eigenvalue weighted by Gasteiger charge is 2.23. The van der Waals surface area contributed by atoms with E-state index in [0.717, 1.165) is 17.4 Å². The molecule has 0 radical (unpaired) electrons. The summed E-state index contributed by atoms with van der Waals surface area (Å²) in [6, 6.07) is 11.5. The molecule has 160 valence electrons. The van der Waals surface area contributed by atoms with E-state index in [1.165, 1.54) is 7.11 Å². The van der Waals surface area contributed by atoms with Crippen LogP contribution >= 0.6 is 0 Å². The number of carbonyl (C=O) groups is 1. The van der Waals surface area contributed by atoms with E-state index in [4.69, 9.17) is 15.9 Å². The van der Waals surface area contributed by atoms with E-state index in [1.54, 1.807) is 18.2 Å². The van der Waals surface area contributed by atoms with Gasteiger partial charge < -0.3 is 14.8 Å². The van der Waals surface area contributed by atoms with Crippen molar-refractivity contribution in [3.05, 3.63) is 59.2 Å². The van der Waals surface area contributed by atoms with Crippen molar-refractivity contribution in [2.75, 3.05) is 26.5 Å². The Morgan fingerprint density at radius 3 is 2.47 bits per heavy atom. The van der Waals surface area contributed by atoms with Crippen LogP contribution in [0.3, 0.4) is 0 Å². The molecule has 0 aliphatic carbocycles. The molecule has 0 aliphatic rings. The predicted octanol–water partition coefficient (Wildman–Crippen LogP) is 1.96. The van der Waals surface area contributed by atoms with Crippen LogP contribution in [0.2, 0.25) is 0 Å². The number of terminal acetylenes is 1. The third-order valence-corrected chi connectivity index (χ3v) is 4.92. The fourth-order valence-corrected chi connectivity index (χ4v) is 3.46. The summed E-state index contributed by atoms with van der Waals surface area (Å²) in [6.07, 6.45) is 6.76. The van der Waals surface area contributed by atoms with Gasteiger partial charge in [0.15, 0.2) is 11.5 Å². The summed E-state index contributed by atoms with van der Waals surface area (Å²) < 4.78 is 36.6. The molecule has 0 aliphatic heterocycles. The van der Waals surface area contributed by atoms with Crippen molar-refractivity contribution >= 4 is 15.9 Å². The van der Waals surface area contributed by atoms with Crippen LogP contribution in [-0.4, -0.2) is 40.8 Å². The van der Waals surface area contributed by atoms with Crippen molar-refractivity contribution in [1.82, 2.24) is 10.0 Å². The van der Waals surface area contributed by atoms with Crippen molar-refractivity contribution in [3.63, 3.8) is 0 Å². The minimum Gasteiger partial charge on any atom is -0.493 e. The minimum atomic E-state index is -3.58. The van der Waals surface area contributed by atoms with Gasteiger partial charge >= 0.3 is 0 Å². The highest BCUT2D eigenvalue weighted by Crippen LogP contribution is 2.28. The van der Waals surface area contributed by atoms with Gasteiger partial charge in [0.1, 0.15) is 12.6 Å². The molecule has 2 rings (SSSR count). The first-order valence-corrected chi connectivity index (χ1v) is 11.2. The predicted molar refractivity (Wildman–Crippen MR) is 116 cm³/mol. The molecule has 0 fully saturated rings. The monoisotopic (exact) mass is 430 g/mol. The second-order valence-corrected chi connectivity index (χ2v) is 8.53. The Hall–Kier alpha value is -3.02. The topological polar surface area (TPSA) is 93.7 Å². The Morgan fingerprint density at radius 1 is 1.17 bits per heavy atom. The normalized spacial score (nSPS) is 11.9. The molecule has 1 amide bonds. The molecule has 1 atom stereocenters. The van der Waals surface area contributed by atoms with E-state index in [0.29, 0.717) is 30.0 Å². The molecule has 2 aromatic rings. The van der Waals surface area contributed by atoms with Crippen molar-refractivity contribution < 1.29 is 22.7 Å². The lowest BCUT2D eigenvalue weighted by Crippen LogP contribution is -2.40. The number of methoxy groups -OCH3 is 1. The maximum Gasteiger partial charge on any atom is 0.242 e. The van der Waals surface area contributed by atoms with Gasteiger partial charge in [0.25, 0.3) is 0 Å². The van der Waals surface area contributed by atoms with Crippen LogP contribution in [0.5, 0.6) is 11.5 Å². The largest absolute Gasteiger partial charge is 0.493 e. The van der Waals surface area contributed by atoms with Crippen LogP contribution in [0.15, 0.2) is 42.5 Å². The maximum atomic E-state index is 12.7. The van der Waals surface area contributed by atoms with E-state index in [2.05, 4.69) is 16.0 Å². The number of amides is 1. The van der Waals surface area contributed by atoms with Gasteiger partial charge in [-0.25, -0.2) is 8.42 Å². The quantitative estimate of drug-likeness (QED) is 0.562.